The molecule has 1 aliphatic rings. The predicted octanol–water partition coefficient (Wildman–Crippen LogP) is 3.36. The average Bonchev–Trinajstić information content (AvgIpc) is 3.20. The number of aryl methyl sites for hydroxylation is 2. The number of rotatable bonds is 5. The van der Waals surface area contributed by atoms with Crippen molar-refractivity contribution in [2.75, 3.05) is 0 Å². The van der Waals surface area contributed by atoms with Gasteiger partial charge in [0.25, 0.3) is 0 Å². The van der Waals surface area contributed by atoms with Crippen LogP contribution in [0.25, 0.3) is 0 Å². The van der Waals surface area contributed by atoms with Crippen LogP contribution in [0.15, 0.2) is 22.7 Å². The largest absolute Gasteiger partial charge is 0.361 e. The van der Waals surface area contributed by atoms with Gasteiger partial charge in [-0.05, 0) is 45.2 Å². The summed E-state index contributed by atoms with van der Waals surface area (Å²) in [5.74, 6) is -0.524. The molecule has 0 aliphatic heterocycles. The Morgan fingerprint density at radius 1 is 1.40 bits per heavy atom. The molecule has 0 unspecified atom stereocenters. The minimum Gasteiger partial charge on any atom is -0.361 e. The molecule has 25 heavy (non-hydrogen) atoms. The van der Waals surface area contributed by atoms with E-state index in [0.29, 0.717) is 18.4 Å². The summed E-state index contributed by atoms with van der Waals surface area (Å²) < 4.78 is 31.8. The second-order valence-corrected chi connectivity index (χ2v) is 6.64. The lowest BCUT2D eigenvalue weighted by molar-refractivity contribution is 0.237. The smallest absolute Gasteiger partial charge is 0.315 e. The topological polar surface area (TPSA) is 67.2 Å². The summed E-state index contributed by atoms with van der Waals surface area (Å²) in [6.45, 7) is 5.61. The van der Waals surface area contributed by atoms with Crippen LogP contribution < -0.4 is 10.6 Å². The van der Waals surface area contributed by atoms with E-state index in [1.54, 1.807) is 0 Å². The van der Waals surface area contributed by atoms with E-state index >= 15 is 0 Å². The van der Waals surface area contributed by atoms with Crippen LogP contribution in [0.2, 0.25) is 0 Å². The Balaban J connectivity index is 1.50. The van der Waals surface area contributed by atoms with Crippen molar-refractivity contribution in [2.45, 2.75) is 51.6 Å². The van der Waals surface area contributed by atoms with Crippen molar-refractivity contribution in [3.63, 3.8) is 0 Å². The Morgan fingerprint density at radius 2 is 2.16 bits per heavy atom. The Morgan fingerprint density at radius 3 is 2.80 bits per heavy atom. The number of carbonyl (C=O) groups is 1. The lowest BCUT2D eigenvalue weighted by Crippen LogP contribution is -2.43. The van der Waals surface area contributed by atoms with Crippen LogP contribution in [0.4, 0.5) is 13.6 Å². The first kappa shape index (κ1) is 17.4. The number of nitrogens with one attached hydrogen (secondary N) is 2. The molecule has 3 atom stereocenters. The van der Waals surface area contributed by atoms with Crippen molar-refractivity contribution < 1.29 is 18.1 Å². The monoisotopic (exact) mass is 349 g/mol. The third-order valence-corrected chi connectivity index (χ3v) is 4.54. The Bertz CT molecular complexity index is 771. The first-order valence-electron chi connectivity index (χ1n) is 8.29. The molecular formula is C18H21F2N3O2. The number of amides is 2. The maximum atomic E-state index is 13.8. The molecule has 134 valence electrons. The van der Waals surface area contributed by atoms with Crippen molar-refractivity contribution in [1.29, 1.82) is 0 Å². The van der Waals surface area contributed by atoms with Gasteiger partial charge in [-0.3, -0.25) is 0 Å². The number of aromatic nitrogens is 1. The minimum atomic E-state index is -0.600. The number of nitrogens with zero attached hydrogens (tertiary/aromatic N) is 1. The predicted molar refractivity (Wildman–Crippen MR) is 88.3 cm³/mol. The number of hydrogen-bond donors (Lipinski definition) is 2. The Labute approximate surface area is 144 Å². The van der Waals surface area contributed by atoms with Gasteiger partial charge in [-0.2, -0.15) is 0 Å². The molecule has 1 aromatic carbocycles. The molecule has 2 amide bonds. The summed E-state index contributed by atoms with van der Waals surface area (Å²) in [5, 5.41) is 9.60. The molecule has 2 N–H and O–H groups in total. The van der Waals surface area contributed by atoms with Crippen molar-refractivity contribution >= 4 is 6.03 Å². The Kier molecular flexibility index (Phi) is 4.74. The van der Waals surface area contributed by atoms with Gasteiger partial charge < -0.3 is 15.2 Å². The minimum absolute atomic E-state index is 0.100. The number of carbonyl (C=O) groups excluding carboxylic acids is 1. The van der Waals surface area contributed by atoms with E-state index in [1.807, 2.05) is 20.8 Å². The molecule has 1 aliphatic carbocycles. The van der Waals surface area contributed by atoms with Crippen LogP contribution in [0.1, 0.15) is 41.8 Å². The standard InChI is InChI=1S/C18H21F2N3O2/c1-9(6-14-10(2)23-25-11(14)3)21-18(24)22-17-8-15(17)13-5-4-12(19)7-16(13)20/h4-5,7,9,15,17H,6,8H2,1-3H3,(H2,21,22,24)/t9-,15+,17-/m0/s1. The molecule has 1 heterocycles. The number of halogens is 2. The van der Waals surface area contributed by atoms with Crippen molar-refractivity contribution in [2.24, 2.45) is 0 Å². The fourth-order valence-electron chi connectivity index (χ4n) is 3.08. The number of benzene rings is 1. The van der Waals surface area contributed by atoms with Crippen molar-refractivity contribution in [1.82, 2.24) is 15.8 Å². The highest BCUT2D eigenvalue weighted by Crippen LogP contribution is 2.41. The third-order valence-electron chi connectivity index (χ3n) is 4.54. The molecule has 1 aromatic heterocycles. The van der Waals surface area contributed by atoms with Crippen molar-refractivity contribution in [3.05, 3.63) is 52.4 Å². The molecule has 2 aromatic rings. The molecule has 1 fully saturated rings. The van der Waals surface area contributed by atoms with E-state index in [2.05, 4.69) is 15.8 Å². The summed E-state index contributed by atoms with van der Waals surface area (Å²) in [7, 11) is 0. The molecule has 0 radical (unpaired) electrons. The molecule has 3 rings (SSSR count). The third kappa shape index (κ3) is 3.97. The highest BCUT2D eigenvalue weighted by atomic mass is 19.1. The van der Waals surface area contributed by atoms with Crippen LogP contribution in [0, 0.1) is 25.5 Å². The molecule has 0 spiro atoms. The zero-order valence-corrected chi connectivity index (χ0v) is 14.4. The van der Waals surface area contributed by atoms with Gasteiger partial charge in [0.15, 0.2) is 0 Å². The van der Waals surface area contributed by atoms with E-state index in [0.717, 1.165) is 23.1 Å². The summed E-state index contributed by atoms with van der Waals surface area (Å²) in [6.07, 6.45) is 1.27. The first-order valence-corrected chi connectivity index (χ1v) is 8.29. The fraction of sp³-hybridized carbons (Fsp3) is 0.444. The van der Waals surface area contributed by atoms with E-state index in [9.17, 15) is 13.6 Å². The van der Waals surface area contributed by atoms with Crippen molar-refractivity contribution in [3.8, 4) is 0 Å². The van der Waals surface area contributed by atoms with Crippen LogP contribution in [-0.4, -0.2) is 23.3 Å². The summed E-state index contributed by atoms with van der Waals surface area (Å²) >= 11 is 0. The highest BCUT2D eigenvalue weighted by Gasteiger charge is 2.41. The zero-order valence-electron chi connectivity index (χ0n) is 14.4. The fourth-order valence-corrected chi connectivity index (χ4v) is 3.08. The van der Waals surface area contributed by atoms with E-state index in [1.165, 1.54) is 12.1 Å². The van der Waals surface area contributed by atoms with E-state index in [4.69, 9.17) is 4.52 Å². The van der Waals surface area contributed by atoms with Crippen LogP contribution >= 0.6 is 0 Å². The molecule has 0 saturated heterocycles. The van der Waals surface area contributed by atoms with Crippen LogP contribution in [0.3, 0.4) is 0 Å². The molecule has 0 bridgehead atoms. The van der Waals surface area contributed by atoms with Gasteiger partial charge in [0.2, 0.25) is 0 Å². The van der Waals surface area contributed by atoms with Gasteiger partial charge in [0.05, 0.1) is 5.69 Å². The maximum Gasteiger partial charge on any atom is 0.315 e. The van der Waals surface area contributed by atoms with E-state index < -0.39 is 11.6 Å². The summed E-state index contributed by atoms with van der Waals surface area (Å²) in [6, 6.07) is 3.02. The van der Waals surface area contributed by atoms with Gasteiger partial charge >= 0.3 is 6.03 Å². The average molecular weight is 349 g/mol. The molecule has 1 saturated carbocycles. The van der Waals surface area contributed by atoms with Gasteiger partial charge in [-0.1, -0.05) is 11.2 Å². The molecular weight excluding hydrogens is 328 g/mol. The number of hydrogen-bond acceptors (Lipinski definition) is 3. The highest BCUT2D eigenvalue weighted by molar-refractivity contribution is 5.75. The number of urea groups is 1. The van der Waals surface area contributed by atoms with Gasteiger partial charge in [-0.15, -0.1) is 0 Å². The lowest BCUT2D eigenvalue weighted by Gasteiger charge is -2.14. The quantitative estimate of drug-likeness (QED) is 0.870. The summed E-state index contributed by atoms with van der Waals surface area (Å²) in [4.78, 5) is 12.1. The normalized spacial score (nSPS) is 20.2. The van der Waals surface area contributed by atoms with E-state index in [-0.39, 0.29) is 24.0 Å². The SMILES string of the molecule is Cc1noc(C)c1C[C@H](C)NC(=O)N[C@H]1C[C@@H]1c1ccc(F)cc1F. The first-order chi connectivity index (χ1) is 11.8. The molecule has 7 heteroatoms. The Hall–Kier alpha value is -2.44. The maximum absolute atomic E-state index is 13.8. The van der Waals surface area contributed by atoms with Crippen LogP contribution in [-0.2, 0) is 6.42 Å². The lowest BCUT2D eigenvalue weighted by atomic mass is 10.1. The second kappa shape index (κ2) is 6.82. The van der Waals surface area contributed by atoms with Gasteiger partial charge in [-0.25, -0.2) is 13.6 Å². The van der Waals surface area contributed by atoms with Crippen LogP contribution in [0.5, 0.6) is 0 Å². The summed E-state index contributed by atoms with van der Waals surface area (Å²) in [5.41, 5.74) is 2.25. The molecule has 5 nitrogen and oxygen atoms in total. The van der Waals surface area contributed by atoms with Gasteiger partial charge in [0.1, 0.15) is 17.4 Å². The van der Waals surface area contributed by atoms with Gasteiger partial charge in [0, 0.05) is 29.6 Å². The zero-order chi connectivity index (χ0) is 18.1. The second-order valence-electron chi connectivity index (χ2n) is 6.64.